The summed E-state index contributed by atoms with van der Waals surface area (Å²) in [6.45, 7) is 6.27. The minimum atomic E-state index is -0.406. The lowest BCUT2D eigenvalue weighted by molar-refractivity contribution is 0.173. The van der Waals surface area contributed by atoms with E-state index in [0.717, 1.165) is 11.3 Å². The predicted molar refractivity (Wildman–Crippen MR) is 71.2 cm³/mol. The van der Waals surface area contributed by atoms with Crippen LogP contribution < -0.4 is 4.74 Å². The van der Waals surface area contributed by atoms with E-state index in [0.29, 0.717) is 19.4 Å². The molecule has 0 bridgehead atoms. The van der Waals surface area contributed by atoms with Crippen molar-refractivity contribution in [3.8, 4) is 11.8 Å². The van der Waals surface area contributed by atoms with Gasteiger partial charge in [-0.2, -0.15) is 5.26 Å². The highest BCUT2D eigenvalue weighted by Gasteiger charge is 2.16. The SMILES string of the molecule is CC[C@@H](O)c1ccc(OCCC(C)(C)C#N)cc1. The fourth-order valence-electron chi connectivity index (χ4n) is 1.50. The van der Waals surface area contributed by atoms with Crippen LogP contribution in [0.4, 0.5) is 0 Å². The number of ether oxygens (including phenoxy) is 1. The second-order valence-electron chi connectivity index (χ2n) is 5.09. The smallest absolute Gasteiger partial charge is 0.119 e. The minimum Gasteiger partial charge on any atom is -0.494 e. The average Bonchev–Trinajstić information content (AvgIpc) is 2.38. The van der Waals surface area contributed by atoms with Crippen LogP contribution >= 0.6 is 0 Å². The Morgan fingerprint density at radius 1 is 1.33 bits per heavy atom. The number of aliphatic hydroxyl groups is 1. The van der Waals surface area contributed by atoms with Crippen LogP contribution in [0.25, 0.3) is 0 Å². The van der Waals surface area contributed by atoms with E-state index in [2.05, 4.69) is 6.07 Å². The molecule has 1 atom stereocenters. The molecule has 0 radical (unpaired) electrons. The number of hydrogen-bond donors (Lipinski definition) is 1. The van der Waals surface area contributed by atoms with E-state index in [1.807, 2.05) is 45.0 Å². The van der Waals surface area contributed by atoms with Gasteiger partial charge in [0.15, 0.2) is 0 Å². The second-order valence-corrected chi connectivity index (χ2v) is 5.09. The van der Waals surface area contributed by atoms with Gasteiger partial charge in [0, 0.05) is 0 Å². The van der Waals surface area contributed by atoms with E-state index in [4.69, 9.17) is 10.00 Å². The lowest BCUT2D eigenvalue weighted by Gasteiger charge is -2.15. The number of nitriles is 1. The minimum absolute atomic E-state index is 0.349. The van der Waals surface area contributed by atoms with Gasteiger partial charge in [0.2, 0.25) is 0 Å². The summed E-state index contributed by atoms with van der Waals surface area (Å²) in [5, 5.41) is 18.5. The molecule has 0 heterocycles. The summed E-state index contributed by atoms with van der Waals surface area (Å²) in [6.07, 6.45) is 0.996. The van der Waals surface area contributed by atoms with Gasteiger partial charge in [0.25, 0.3) is 0 Å². The molecule has 0 aliphatic rings. The van der Waals surface area contributed by atoms with Crippen LogP contribution in [-0.4, -0.2) is 11.7 Å². The summed E-state index contributed by atoms with van der Waals surface area (Å²) in [6, 6.07) is 9.70. The maximum Gasteiger partial charge on any atom is 0.119 e. The third-order valence-electron chi connectivity index (χ3n) is 2.95. The predicted octanol–water partition coefficient (Wildman–Crippen LogP) is 3.45. The van der Waals surface area contributed by atoms with Crippen molar-refractivity contribution < 1.29 is 9.84 Å². The van der Waals surface area contributed by atoms with Gasteiger partial charge in [-0.05, 0) is 44.4 Å². The Morgan fingerprint density at radius 2 is 1.94 bits per heavy atom. The lowest BCUT2D eigenvalue weighted by Crippen LogP contribution is -2.13. The van der Waals surface area contributed by atoms with Crippen molar-refractivity contribution in [2.45, 2.75) is 39.7 Å². The first-order chi connectivity index (χ1) is 8.48. The number of rotatable bonds is 6. The molecule has 3 nitrogen and oxygen atoms in total. The molecule has 0 unspecified atom stereocenters. The highest BCUT2D eigenvalue weighted by atomic mass is 16.5. The molecule has 0 fully saturated rings. The number of nitrogens with zero attached hydrogens (tertiary/aromatic N) is 1. The Balaban J connectivity index is 2.48. The summed E-state index contributed by atoms with van der Waals surface area (Å²) in [5.41, 5.74) is 0.556. The van der Waals surface area contributed by atoms with Gasteiger partial charge in [-0.15, -0.1) is 0 Å². The van der Waals surface area contributed by atoms with Crippen LogP contribution in [0.3, 0.4) is 0 Å². The van der Waals surface area contributed by atoms with E-state index in [1.54, 1.807) is 0 Å². The van der Waals surface area contributed by atoms with Gasteiger partial charge in [0.1, 0.15) is 5.75 Å². The van der Waals surface area contributed by atoms with Crippen molar-refractivity contribution in [3.63, 3.8) is 0 Å². The fourth-order valence-corrected chi connectivity index (χ4v) is 1.50. The zero-order valence-corrected chi connectivity index (χ0v) is 11.3. The molecule has 18 heavy (non-hydrogen) atoms. The molecular weight excluding hydrogens is 226 g/mol. The molecule has 0 aromatic heterocycles. The average molecular weight is 247 g/mol. The van der Waals surface area contributed by atoms with Crippen molar-refractivity contribution in [2.75, 3.05) is 6.61 Å². The van der Waals surface area contributed by atoms with Gasteiger partial charge in [-0.3, -0.25) is 0 Å². The summed E-state index contributed by atoms with van der Waals surface area (Å²) >= 11 is 0. The highest BCUT2D eigenvalue weighted by molar-refractivity contribution is 5.28. The third-order valence-corrected chi connectivity index (χ3v) is 2.95. The summed E-state index contributed by atoms with van der Waals surface area (Å²) < 4.78 is 5.58. The van der Waals surface area contributed by atoms with E-state index < -0.39 is 6.10 Å². The first-order valence-electron chi connectivity index (χ1n) is 6.30. The summed E-state index contributed by atoms with van der Waals surface area (Å²) in [5.74, 6) is 0.774. The van der Waals surface area contributed by atoms with E-state index >= 15 is 0 Å². The molecule has 1 aromatic rings. The first kappa shape index (κ1) is 14.5. The van der Waals surface area contributed by atoms with Crippen LogP contribution in [0, 0.1) is 16.7 Å². The van der Waals surface area contributed by atoms with Crippen molar-refractivity contribution >= 4 is 0 Å². The molecule has 1 rings (SSSR count). The maximum absolute atomic E-state index is 9.66. The molecule has 1 N–H and O–H groups in total. The van der Waals surface area contributed by atoms with Crippen molar-refractivity contribution in [1.29, 1.82) is 5.26 Å². The summed E-state index contributed by atoms with van der Waals surface area (Å²) in [7, 11) is 0. The van der Waals surface area contributed by atoms with Crippen LogP contribution in [0.15, 0.2) is 24.3 Å². The zero-order valence-electron chi connectivity index (χ0n) is 11.3. The van der Waals surface area contributed by atoms with Gasteiger partial charge in [-0.1, -0.05) is 19.1 Å². The highest BCUT2D eigenvalue weighted by Crippen LogP contribution is 2.22. The van der Waals surface area contributed by atoms with E-state index in [-0.39, 0.29) is 5.41 Å². The normalized spacial score (nSPS) is 12.8. The van der Waals surface area contributed by atoms with Gasteiger partial charge < -0.3 is 9.84 Å². The molecule has 0 spiro atoms. The Morgan fingerprint density at radius 3 is 2.44 bits per heavy atom. The Bertz CT molecular complexity index is 403. The third kappa shape index (κ3) is 4.38. The van der Waals surface area contributed by atoms with Crippen LogP contribution in [0.5, 0.6) is 5.75 Å². The Labute approximate surface area is 109 Å². The maximum atomic E-state index is 9.66. The molecule has 0 aliphatic heterocycles. The van der Waals surface area contributed by atoms with Crippen molar-refractivity contribution in [3.05, 3.63) is 29.8 Å². The van der Waals surface area contributed by atoms with Crippen molar-refractivity contribution in [2.24, 2.45) is 5.41 Å². The molecule has 0 saturated heterocycles. The fraction of sp³-hybridized carbons (Fsp3) is 0.533. The largest absolute Gasteiger partial charge is 0.494 e. The zero-order chi connectivity index (χ0) is 13.6. The van der Waals surface area contributed by atoms with E-state index in [1.165, 1.54) is 0 Å². The standard InChI is InChI=1S/C15H21NO2/c1-4-14(17)12-5-7-13(8-6-12)18-10-9-15(2,3)11-16/h5-8,14,17H,4,9-10H2,1-3H3/t14-/m1/s1. The number of aliphatic hydroxyl groups excluding tert-OH is 1. The molecule has 98 valence electrons. The van der Waals surface area contributed by atoms with E-state index in [9.17, 15) is 5.11 Å². The molecular formula is C15H21NO2. The molecule has 1 aromatic carbocycles. The molecule has 0 amide bonds. The van der Waals surface area contributed by atoms with Crippen molar-refractivity contribution in [1.82, 2.24) is 0 Å². The van der Waals surface area contributed by atoms with Crippen LogP contribution in [-0.2, 0) is 0 Å². The number of hydrogen-bond acceptors (Lipinski definition) is 3. The topological polar surface area (TPSA) is 53.2 Å². The van der Waals surface area contributed by atoms with Gasteiger partial charge >= 0.3 is 0 Å². The first-order valence-corrected chi connectivity index (χ1v) is 6.30. The Kier molecular flexibility index (Phi) is 5.18. The second kappa shape index (κ2) is 6.42. The Hall–Kier alpha value is -1.53. The number of benzene rings is 1. The quantitative estimate of drug-likeness (QED) is 0.837. The van der Waals surface area contributed by atoms with Gasteiger partial charge in [-0.25, -0.2) is 0 Å². The monoisotopic (exact) mass is 247 g/mol. The molecule has 0 aliphatic carbocycles. The molecule has 3 heteroatoms. The molecule has 0 saturated carbocycles. The summed E-state index contributed by atoms with van der Waals surface area (Å²) in [4.78, 5) is 0. The van der Waals surface area contributed by atoms with Crippen LogP contribution in [0.2, 0.25) is 0 Å². The lowest BCUT2D eigenvalue weighted by atomic mass is 9.92. The van der Waals surface area contributed by atoms with Crippen LogP contribution in [0.1, 0.15) is 45.3 Å². The van der Waals surface area contributed by atoms with Gasteiger partial charge in [0.05, 0.1) is 24.2 Å².